The third-order valence-electron chi connectivity index (χ3n) is 2.62. The summed E-state index contributed by atoms with van der Waals surface area (Å²) in [6, 6.07) is 0. The van der Waals surface area contributed by atoms with Gasteiger partial charge in [0.2, 0.25) is 5.89 Å². The molecule has 0 N–H and O–H groups in total. The van der Waals surface area contributed by atoms with Gasteiger partial charge >= 0.3 is 5.97 Å². The molecule has 0 amide bonds. The molecule has 1 atom stereocenters. The molecular weight excluding hydrogens is 196 g/mol. The average Bonchev–Trinajstić information content (AvgIpc) is 2.95. The molecule has 15 heavy (non-hydrogen) atoms. The van der Waals surface area contributed by atoms with E-state index in [2.05, 4.69) is 10.1 Å². The molecule has 1 aromatic heterocycles. The largest absolute Gasteiger partial charge is 0.460 e. The van der Waals surface area contributed by atoms with Crippen LogP contribution in [0.4, 0.5) is 0 Å². The molecule has 82 valence electrons. The van der Waals surface area contributed by atoms with Crippen LogP contribution in [0.3, 0.4) is 0 Å². The topological polar surface area (TPSA) is 65.2 Å². The molecule has 1 heterocycles. The molecule has 0 aromatic carbocycles. The van der Waals surface area contributed by atoms with E-state index in [1.165, 1.54) is 12.8 Å². The lowest BCUT2D eigenvalue weighted by molar-refractivity contribution is 0.0508. The highest BCUT2D eigenvalue weighted by Gasteiger charge is 2.33. The van der Waals surface area contributed by atoms with Gasteiger partial charge in [-0.15, -0.1) is 0 Å². The SMILES string of the molecule is CCOC(=O)c1noc(C(C)C2CC2)n1. The Balaban J connectivity index is 2.05. The predicted molar refractivity (Wildman–Crippen MR) is 51.4 cm³/mol. The molecule has 5 nitrogen and oxygen atoms in total. The van der Waals surface area contributed by atoms with Crippen LogP contribution >= 0.6 is 0 Å². The normalized spacial score (nSPS) is 17.5. The Morgan fingerprint density at radius 1 is 1.67 bits per heavy atom. The van der Waals surface area contributed by atoms with Gasteiger partial charge in [0, 0.05) is 5.92 Å². The summed E-state index contributed by atoms with van der Waals surface area (Å²) in [6.07, 6.45) is 2.41. The quantitative estimate of drug-likeness (QED) is 0.708. The number of hydrogen-bond donors (Lipinski definition) is 0. The molecule has 1 aliphatic carbocycles. The van der Waals surface area contributed by atoms with Gasteiger partial charge in [0.1, 0.15) is 0 Å². The van der Waals surface area contributed by atoms with E-state index in [1.807, 2.05) is 6.92 Å². The number of carbonyl (C=O) groups is 1. The van der Waals surface area contributed by atoms with E-state index in [0.717, 1.165) is 0 Å². The lowest BCUT2D eigenvalue weighted by Gasteiger charge is -2.00. The highest BCUT2D eigenvalue weighted by atomic mass is 16.5. The molecule has 1 saturated carbocycles. The van der Waals surface area contributed by atoms with Gasteiger partial charge in [-0.3, -0.25) is 0 Å². The molecule has 1 aromatic rings. The molecule has 0 bridgehead atoms. The first-order valence-electron chi connectivity index (χ1n) is 5.23. The average molecular weight is 210 g/mol. The van der Waals surface area contributed by atoms with Crippen molar-refractivity contribution >= 4 is 5.97 Å². The molecule has 2 rings (SSSR count). The minimum atomic E-state index is -0.518. The van der Waals surface area contributed by atoms with E-state index in [4.69, 9.17) is 9.26 Å². The lowest BCUT2D eigenvalue weighted by Crippen LogP contribution is -2.07. The molecule has 0 spiro atoms. The molecule has 0 radical (unpaired) electrons. The van der Waals surface area contributed by atoms with Crippen LogP contribution in [0.5, 0.6) is 0 Å². The van der Waals surface area contributed by atoms with Gasteiger partial charge in [-0.05, 0) is 30.8 Å². The third kappa shape index (κ3) is 2.16. The number of nitrogens with zero attached hydrogens (tertiary/aromatic N) is 2. The predicted octanol–water partition coefficient (Wildman–Crippen LogP) is 1.76. The summed E-state index contributed by atoms with van der Waals surface area (Å²) >= 11 is 0. The fourth-order valence-electron chi connectivity index (χ4n) is 1.50. The minimum absolute atomic E-state index is 0.0272. The van der Waals surface area contributed by atoms with Crippen LogP contribution in [0.15, 0.2) is 4.52 Å². The van der Waals surface area contributed by atoms with E-state index >= 15 is 0 Å². The number of ether oxygens (including phenoxy) is 1. The van der Waals surface area contributed by atoms with Crippen molar-refractivity contribution in [1.82, 2.24) is 10.1 Å². The number of hydrogen-bond acceptors (Lipinski definition) is 5. The molecular formula is C10H14N2O3. The van der Waals surface area contributed by atoms with Crippen molar-refractivity contribution in [3.8, 4) is 0 Å². The van der Waals surface area contributed by atoms with Crippen molar-refractivity contribution in [2.24, 2.45) is 5.92 Å². The molecule has 1 unspecified atom stereocenters. The maximum absolute atomic E-state index is 11.3. The maximum Gasteiger partial charge on any atom is 0.379 e. The van der Waals surface area contributed by atoms with Crippen LogP contribution in [-0.4, -0.2) is 22.7 Å². The van der Waals surface area contributed by atoms with Crippen molar-refractivity contribution in [3.63, 3.8) is 0 Å². The molecule has 0 saturated heterocycles. The van der Waals surface area contributed by atoms with Crippen LogP contribution in [0.1, 0.15) is 49.1 Å². The summed E-state index contributed by atoms with van der Waals surface area (Å²) in [5, 5.41) is 3.61. The van der Waals surface area contributed by atoms with Crippen LogP contribution in [0.25, 0.3) is 0 Å². The Morgan fingerprint density at radius 3 is 3.00 bits per heavy atom. The zero-order valence-corrected chi connectivity index (χ0v) is 8.90. The second kappa shape index (κ2) is 4.00. The Bertz CT molecular complexity index is 357. The first-order chi connectivity index (χ1) is 7.22. The van der Waals surface area contributed by atoms with Crippen molar-refractivity contribution in [2.45, 2.75) is 32.6 Å². The number of carbonyl (C=O) groups excluding carboxylic acids is 1. The number of rotatable bonds is 4. The molecule has 5 heteroatoms. The lowest BCUT2D eigenvalue weighted by atomic mass is 10.1. The highest BCUT2D eigenvalue weighted by Crippen LogP contribution is 2.41. The summed E-state index contributed by atoms with van der Waals surface area (Å²) in [5.41, 5.74) is 0. The van der Waals surface area contributed by atoms with E-state index in [0.29, 0.717) is 18.4 Å². The second-order valence-electron chi connectivity index (χ2n) is 3.80. The van der Waals surface area contributed by atoms with Crippen LogP contribution < -0.4 is 0 Å². The summed E-state index contributed by atoms with van der Waals surface area (Å²) < 4.78 is 9.81. The fraction of sp³-hybridized carbons (Fsp3) is 0.700. The van der Waals surface area contributed by atoms with Crippen LogP contribution in [-0.2, 0) is 4.74 Å². The molecule has 0 aliphatic heterocycles. The Labute approximate surface area is 87.8 Å². The Hall–Kier alpha value is -1.39. The summed E-state index contributed by atoms with van der Waals surface area (Å²) in [4.78, 5) is 15.3. The Morgan fingerprint density at radius 2 is 2.40 bits per heavy atom. The highest BCUT2D eigenvalue weighted by molar-refractivity contribution is 5.84. The van der Waals surface area contributed by atoms with Gasteiger partial charge in [-0.25, -0.2) is 4.79 Å². The zero-order valence-electron chi connectivity index (χ0n) is 8.90. The first kappa shape index (κ1) is 10.1. The first-order valence-corrected chi connectivity index (χ1v) is 5.23. The second-order valence-corrected chi connectivity index (χ2v) is 3.80. The van der Waals surface area contributed by atoms with Gasteiger partial charge < -0.3 is 9.26 Å². The standard InChI is InChI=1S/C10H14N2O3/c1-3-14-10(13)8-11-9(15-12-8)6(2)7-4-5-7/h6-7H,3-5H2,1-2H3. The van der Waals surface area contributed by atoms with Crippen molar-refractivity contribution in [1.29, 1.82) is 0 Å². The number of esters is 1. The fourth-order valence-corrected chi connectivity index (χ4v) is 1.50. The summed E-state index contributed by atoms with van der Waals surface area (Å²) in [6.45, 7) is 4.10. The van der Waals surface area contributed by atoms with E-state index in [1.54, 1.807) is 6.92 Å². The third-order valence-corrected chi connectivity index (χ3v) is 2.62. The number of aromatic nitrogens is 2. The molecule has 1 aliphatic rings. The van der Waals surface area contributed by atoms with E-state index in [-0.39, 0.29) is 11.7 Å². The van der Waals surface area contributed by atoms with Crippen molar-refractivity contribution < 1.29 is 14.1 Å². The summed E-state index contributed by atoms with van der Waals surface area (Å²) in [5.74, 6) is 0.941. The molecule has 1 fully saturated rings. The zero-order chi connectivity index (χ0) is 10.8. The van der Waals surface area contributed by atoms with Gasteiger partial charge in [-0.1, -0.05) is 6.92 Å². The smallest absolute Gasteiger partial charge is 0.379 e. The van der Waals surface area contributed by atoms with Crippen LogP contribution in [0, 0.1) is 5.92 Å². The van der Waals surface area contributed by atoms with Gasteiger partial charge in [0.15, 0.2) is 0 Å². The van der Waals surface area contributed by atoms with E-state index < -0.39 is 5.97 Å². The van der Waals surface area contributed by atoms with E-state index in [9.17, 15) is 4.79 Å². The Kier molecular flexibility index (Phi) is 2.70. The van der Waals surface area contributed by atoms with Gasteiger partial charge in [0.25, 0.3) is 5.82 Å². The maximum atomic E-state index is 11.3. The summed E-state index contributed by atoms with van der Waals surface area (Å²) in [7, 11) is 0. The minimum Gasteiger partial charge on any atom is -0.460 e. The van der Waals surface area contributed by atoms with Crippen molar-refractivity contribution in [3.05, 3.63) is 11.7 Å². The van der Waals surface area contributed by atoms with Crippen molar-refractivity contribution in [2.75, 3.05) is 6.61 Å². The van der Waals surface area contributed by atoms with Gasteiger partial charge in [0.05, 0.1) is 6.61 Å². The van der Waals surface area contributed by atoms with Gasteiger partial charge in [-0.2, -0.15) is 4.98 Å². The van der Waals surface area contributed by atoms with Crippen LogP contribution in [0.2, 0.25) is 0 Å². The monoisotopic (exact) mass is 210 g/mol.